The highest BCUT2D eigenvalue weighted by Crippen LogP contribution is 2.21. The van der Waals surface area contributed by atoms with Gasteiger partial charge in [0.2, 0.25) is 0 Å². The van der Waals surface area contributed by atoms with E-state index < -0.39 is 30.5 Å². The van der Waals surface area contributed by atoms with E-state index in [1.54, 1.807) is 0 Å². The summed E-state index contributed by atoms with van der Waals surface area (Å²) in [5, 5.41) is 29.2. The monoisotopic (exact) mass is 597 g/mol. The summed E-state index contributed by atoms with van der Waals surface area (Å²) in [5.74, 6) is -1.59. The average molecular weight is 597 g/mol. The van der Waals surface area contributed by atoms with Gasteiger partial charge < -0.3 is 15.3 Å². The van der Waals surface area contributed by atoms with Crippen LogP contribution in [-0.2, 0) is 9.59 Å². The molecule has 250 valence electrons. The molecule has 0 bridgehead atoms. The van der Waals surface area contributed by atoms with Crippen molar-refractivity contribution in [3.05, 3.63) is 0 Å². The van der Waals surface area contributed by atoms with E-state index in [4.69, 9.17) is 0 Å². The van der Waals surface area contributed by atoms with Crippen LogP contribution in [0.1, 0.15) is 200 Å². The molecule has 0 fully saturated rings. The Bertz CT molecular complexity index is 593. The summed E-state index contributed by atoms with van der Waals surface area (Å²) >= 11 is 0. The first kappa shape index (κ1) is 41.2. The molecule has 5 nitrogen and oxygen atoms in total. The van der Waals surface area contributed by atoms with Crippen molar-refractivity contribution in [1.29, 1.82) is 0 Å². The maximum atomic E-state index is 13.0. The van der Waals surface area contributed by atoms with Gasteiger partial charge in [0.15, 0.2) is 5.78 Å². The molecule has 0 aromatic heterocycles. The fraction of sp³-hybridized carbons (Fsp3) is 0.946. The van der Waals surface area contributed by atoms with Gasteiger partial charge in [0, 0.05) is 6.42 Å². The molecule has 0 aromatic rings. The van der Waals surface area contributed by atoms with Crippen molar-refractivity contribution >= 4 is 11.6 Å². The Labute approximate surface area is 261 Å². The number of aliphatic hydroxyl groups is 3. The second-order valence-electron chi connectivity index (χ2n) is 13.0. The molecular formula is C37H72O5. The standard InChI is InChI=1S/C37H72O5/c1-3-5-7-9-11-13-15-17-19-20-22-24-26-28-30-33(36(41)37(42)35(40)32-38)34(39)31-29-27-25-23-21-18-16-14-12-10-8-6-4-2/h33,35,37-38,40,42H,3-32H2,1-2H3. The zero-order chi connectivity index (χ0) is 31.1. The zero-order valence-electron chi connectivity index (χ0n) is 28.1. The normalized spacial score (nSPS) is 13.7. The first-order valence-electron chi connectivity index (χ1n) is 18.5. The second kappa shape index (κ2) is 31.6. The Balaban J connectivity index is 4.11. The molecule has 3 atom stereocenters. The van der Waals surface area contributed by atoms with E-state index in [2.05, 4.69) is 13.8 Å². The van der Waals surface area contributed by atoms with E-state index in [1.807, 2.05) is 0 Å². The fourth-order valence-corrected chi connectivity index (χ4v) is 5.99. The Morgan fingerprint density at radius 3 is 1.12 bits per heavy atom. The van der Waals surface area contributed by atoms with Crippen LogP contribution < -0.4 is 0 Å². The second-order valence-corrected chi connectivity index (χ2v) is 13.0. The number of hydrogen-bond acceptors (Lipinski definition) is 5. The van der Waals surface area contributed by atoms with Gasteiger partial charge in [-0.15, -0.1) is 0 Å². The van der Waals surface area contributed by atoms with Gasteiger partial charge >= 0.3 is 0 Å². The molecule has 3 unspecified atom stereocenters. The molecule has 0 rings (SSSR count). The number of rotatable bonds is 34. The third-order valence-electron chi connectivity index (χ3n) is 8.95. The smallest absolute Gasteiger partial charge is 0.174 e. The summed E-state index contributed by atoms with van der Waals surface area (Å²) in [6.45, 7) is 3.82. The van der Waals surface area contributed by atoms with Crippen LogP contribution in [0.25, 0.3) is 0 Å². The Kier molecular flexibility index (Phi) is 31.1. The number of carbonyl (C=O) groups excluding carboxylic acids is 2. The maximum absolute atomic E-state index is 13.0. The topological polar surface area (TPSA) is 94.8 Å². The maximum Gasteiger partial charge on any atom is 0.174 e. The van der Waals surface area contributed by atoms with Gasteiger partial charge in [0.1, 0.15) is 18.0 Å². The van der Waals surface area contributed by atoms with Crippen LogP contribution in [0.15, 0.2) is 0 Å². The van der Waals surface area contributed by atoms with Crippen molar-refractivity contribution in [3.63, 3.8) is 0 Å². The Morgan fingerprint density at radius 1 is 0.476 bits per heavy atom. The molecule has 0 aromatic carbocycles. The van der Waals surface area contributed by atoms with Crippen molar-refractivity contribution in [2.75, 3.05) is 6.61 Å². The Hall–Kier alpha value is -0.780. The van der Waals surface area contributed by atoms with Crippen molar-refractivity contribution in [3.8, 4) is 0 Å². The number of unbranched alkanes of at least 4 members (excludes halogenated alkanes) is 25. The average Bonchev–Trinajstić information content (AvgIpc) is 3.00. The minimum Gasteiger partial charge on any atom is -0.394 e. The van der Waals surface area contributed by atoms with Crippen LogP contribution in [0.4, 0.5) is 0 Å². The molecule has 0 heterocycles. The van der Waals surface area contributed by atoms with Gasteiger partial charge in [-0.05, 0) is 12.8 Å². The van der Waals surface area contributed by atoms with E-state index in [1.165, 1.54) is 135 Å². The highest BCUT2D eigenvalue weighted by Gasteiger charge is 2.33. The summed E-state index contributed by atoms with van der Waals surface area (Å²) in [7, 11) is 0. The summed E-state index contributed by atoms with van der Waals surface area (Å²) in [4.78, 5) is 25.8. The predicted molar refractivity (Wildman–Crippen MR) is 178 cm³/mol. The largest absolute Gasteiger partial charge is 0.394 e. The SMILES string of the molecule is CCCCCCCCCCCCCCCCC(C(=O)CCCCCCCCCCCCCCC)C(=O)C(O)C(O)CO. The van der Waals surface area contributed by atoms with Crippen LogP contribution in [-0.4, -0.2) is 45.7 Å². The first-order valence-corrected chi connectivity index (χ1v) is 18.5. The van der Waals surface area contributed by atoms with E-state index >= 15 is 0 Å². The molecular weight excluding hydrogens is 524 g/mol. The lowest BCUT2D eigenvalue weighted by atomic mass is 9.86. The molecule has 0 radical (unpaired) electrons. The first-order chi connectivity index (χ1) is 20.5. The van der Waals surface area contributed by atoms with Crippen molar-refractivity contribution in [2.24, 2.45) is 5.92 Å². The highest BCUT2D eigenvalue weighted by atomic mass is 16.4. The number of aliphatic hydroxyl groups excluding tert-OH is 3. The fourth-order valence-electron chi connectivity index (χ4n) is 5.99. The summed E-state index contributed by atoms with van der Waals surface area (Å²) in [6, 6.07) is 0. The molecule has 0 saturated heterocycles. The van der Waals surface area contributed by atoms with Crippen molar-refractivity contribution in [2.45, 2.75) is 212 Å². The van der Waals surface area contributed by atoms with Gasteiger partial charge in [-0.1, -0.05) is 181 Å². The van der Waals surface area contributed by atoms with Gasteiger partial charge in [-0.3, -0.25) is 9.59 Å². The van der Waals surface area contributed by atoms with E-state index in [0.29, 0.717) is 12.8 Å². The molecule has 0 spiro atoms. The van der Waals surface area contributed by atoms with Gasteiger partial charge in [-0.25, -0.2) is 0 Å². The molecule has 5 heteroatoms. The molecule has 0 aliphatic carbocycles. The quantitative estimate of drug-likeness (QED) is 0.0507. The number of hydrogen-bond donors (Lipinski definition) is 3. The number of ketones is 2. The molecule has 3 N–H and O–H groups in total. The summed E-state index contributed by atoms with van der Waals surface area (Å²) < 4.78 is 0. The minimum atomic E-state index is -1.69. The van der Waals surface area contributed by atoms with Gasteiger partial charge in [0.25, 0.3) is 0 Å². The van der Waals surface area contributed by atoms with Gasteiger partial charge in [-0.2, -0.15) is 0 Å². The van der Waals surface area contributed by atoms with Crippen LogP contribution in [0.5, 0.6) is 0 Å². The Morgan fingerprint density at radius 2 is 0.786 bits per heavy atom. The van der Waals surface area contributed by atoms with Crippen LogP contribution in [0.2, 0.25) is 0 Å². The lowest BCUT2D eigenvalue weighted by Crippen LogP contribution is -2.42. The summed E-state index contributed by atoms with van der Waals surface area (Å²) in [5.41, 5.74) is 0. The van der Waals surface area contributed by atoms with Crippen molar-refractivity contribution in [1.82, 2.24) is 0 Å². The van der Waals surface area contributed by atoms with E-state index in [0.717, 1.165) is 38.5 Å². The van der Waals surface area contributed by atoms with Crippen LogP contribution >= 0.6 is 0 Å². The van der Waals surface area contributed by atoms with E-state index in [9.17, 15) is 24.9 Å². The number of Topliss-reactive ketones (excluding diaryl/α,β-unsaturated/α-hetero) is 2. The lowest BCUT2D eigenvalue weighted by molar-refractivity contribution is -0.144. The van der Waals surface area contributed by atoms with Gasteiger partial charge in [0.05, 0.1) is 12.5 Å². The third-order valence-corrected chi connectivity index (χ3v) is 8.95. The predicted octanol–water partition coefficient (Wildman–Crippen LogP) is 9.81. The molecule has 0 saturated carbocycles. The summed E-state index contributed by atoms with van der Waals surface area (Å²) in [6.07, 6.45) is 31.1. The molecule has 0 amide bonds. The zero-order valence-corrected chi connectivity index (χ0v) is 28.1. The lowest BCUT2D eigenvalue weighted by Gasteiger charge is -2.21. The van der Waals surface area contributed by atoms with E-state index in [-0.39, 0.29) is 5.78 Å². The minimum absolute atomic E-state index is 0.109. The number of carbonyl (C=O) groups is 2. The third kappa shape index (κ3) is 24.6. The van der Waals surface area contributed by atoms with Crippen LogP contribution in [0, 0.1) is 5.92 Å². The molecule has 0 aliphatic heterocycles. The molecule has 42 heavy (non-hydrogen) atoms. The van der Waals surface area contributed by atoms with Crippen LogP contribution in [0.3, 0.4) is 0 Å². The van der Waals surface area contributed by atoms with Crippen molar-refractivity contribution < 1.29 is 24.9 Å². The molecule has 0 aliphatic rings. The highest BCUT2D eigenvalue weighted by molar-refractivity contribution is 6.04.